The van der Waals surface area contributed by atoms with E-state index in [9.17, 15) is 13.2 Å². The zero-order valence-electron chi connectivity index (χ0n) is 11.5. The molecular formula is C17H16F3N. The predicted octanol–water partition coefficient (Wildman–Crippen LogP) is 4.97. The van der Waals surface area contributed by atoms with Gasteiger partial charge in [0.05, 0.1) is 5.56 Å². The van der Waals surface area contributed by atoms with Crippen LogP contribution in [0, 0.1) is 0 Å². The van der Waals surface area contributed by atoms with Crippen molar-refractivity contribution in [3.05, 3.63) is 54.1 Å². The Kier molecular flexibility index (Phi) is 3.62. The summed E-state index contributed by atoms with van der Waals surface area (Å²) < 4.78 is 38.2. The molecule has 4 heteroatoms. The predicted molar refractivity (Wildman–Crippen MR) is 78.3 cm³/mol. The number of hydrogen-bond donors (Lipinski definition) is 0. The number of nitrogens with zero attached hydrogens (tertiary/aromatic N) is 1. The summed E-state index contributed by atoms with van der Waals surface area (Å²) in [5.41, 5.74) is 1.94. The highest BCUT2D eigenvalue weighted by molar-refractivity contribution is 5.67. The van der Waals surface area contributed by atoms with E-state index in [1.807, 2.05) is 24.3 Å². The van der Waals surface area contributed by atoms with Gasteiger partial charge in [0, 0.05) is 18.8 Å². The molecule has 0 bridgehead atoms. The SMILES string of the molecule is FC(F)(F)c1cccc(-c2ccc(N3CCCC3)cc2)c1. The highest BCUT2D eigenvalue weighted by Gasteiger charge is 2.30. The van der Waals surface area contributed by atoms with Gasteiger partial charge in [-0.25, -0.2) is 0 Å². The molecule has 1 saturated heterocycles. The third-order valence-corrected chi connectivity index (χ3v) is 3.86. The first-order chi connectivity index (χ1) is 10.0. The number of anilines is 1. The molecule has 0 aliphatic carbocycles. The Labute approximate surface area is 122 Å². The number of benzene rings is 2. The summed E-state index contributed by atoms with van der Waals surface area (Å²) >= 11 is 0. The Morgan fingerprint density at radius 2 is 1.48 bits per heavy atom. The van der Waals surface area contributed by atoms with Crippen LogP contribution in [0.25, 0.3) is 11.1 Å². The van der Waals surface area contributed by atoms with Crippen molar-refractivity contribution >= 4 is 5.69 Å². The van der Waals surface area contributed by atoms with Gasteiger partial charge in [-0.15, -0.1) is 0 Å². The molecule has 0 radical (unpaired) electrons. The fraction of sp³-hybridized carbons (Fsp3) is 0.294. The average molecular weight is 291 g/mol. The van der Waals surface area contributed by atoms with E-state index in [1.165, 1.54) is 25.0 Å². The molecule has 0 spiro atoms. The Hall–Kier alpha value is -1.97. The van der Waals surface area contributed by atoms with Crippen LogP contribution in [-0.2, 0) is 6.18 Å². The van der Waals surface area contributed by atoms with Crippen LogP contribution < -0.4 is 4.90 Å². The first kappa shape index (κ1) is 14.0. The maximum atomic E-state index is 12.7. The molecule has 1 fully saturated rings. The van der Waals surface area contributed by atoms with Crippen molar-refractivity contribution in [2.75, 3.05) is 18.0 Å². The van der Waals surface area contributed by atoms with Crippen molar-refractivity contribution in [2.45, 2.75) is 19.0 Å². The summed E-state index contributed by atoms with van der Waals surface area (Å²) in [5.74, 6) is 0. The van der Waals surface area contributed by atoms with E-state index in [1.54, 1.807) is 6.07 Å². The van der Waals surface area contributed by atoms with Gasteiger partial charge in [0.15, 0.2) is 0 Å². The van der Waals surface area contributed by atoms with Gasteiger partial charge >= 0.3 is 6.18 Å². The number of halogens is 3. The van der Waals surface area contributed by atoms with Crippen molar-refractivity contribution in [3.63, 3.8) is 0 Å². The molecule has 0 N–H and O–H groups in total. The lowest BCUT2D eigenvalue weighted by molar-refractivity contribution is -0.137. The summed E-state index contributed by atoms with van der Waals surface area (Å²) in [6, 6.07) is 13.2. The first-order valence-electron chi connectivity index (χ1n) is 7.07. The highest BCUT2D eigenvalue weighted by Crippen LogP contribution is 2.32. The zero-order chi connectivity index (χ0) is 14.9. The number of alkyl halides is 3. The summed E-state index contributed by atoms with van der Waals surface area (Å²) in [4.78, 5) is 2.30. The number of rotatable bonds is 2. The van der Waals surface area contributed by atoms with Gasteiger partial charge in [-0.05, 0) is 48.2 Å². The van der Waals surface area contributed by atoms with E-state index in [0.717, 1.165) is 30.4 Å². The Balaban J connectivity index is 1.87. The van der Waals surface area contributed by atoms with Gasteiger partial charge in [0.1, 0.15) is 0 Å². The van der Waals surface area contributed by atoms with Crippen molar-refractivity contribution in [3.8, 4) is 11.1 Å². The maximum absolute atomic E-state index is 12.7. The second-order valence-corrected chi connectivity index (χ2v) is 5.32. The maximum Gasteiger partial charge on any atom is 0.416 e. The van der Waals surface area contributed by atoms with Gasteiger partial charge in [-0.1, -0.05) is 24.3 Å². The second-order valence-electron chi connectivity index (χ2n) is 5.32. The molecule has 1 nitrogen and oxygen atoms in total. The minimum atomic E-state index is -4.30. The highest BCUT2D eigenvalue weighted by atomic mass is 19.4. The molecule has 0 saturated carbocycles. The molecule has 0 unspecified atom stereocenters. The van der Waals surface area contributed by atoms with Crippen LogP contribution in [0.3, 0.4) is 0 Å². The first-order valence-corrected chi connectivity index (χ1v) is 7.07. The van der Waals surface area contributed by atoms with Crippen molar-refractivity contribution < 1.29 is 13.2 Å². The molecule has 0 amide bonds. The third kappa shape index (κ3) is 3.04. The molecular weight excluding hydrogens is 275 g/mol. The minimum absolute atomic E-state index is 0.595. The smallest absolute Gasteiger partial charge is 0.372 e. The molecule has 2 aromatic carbocycles. The molecule has 3 rings (SSSR count). The fourth-order valence-electron chi connectivity index (χ4n) is 2.72. The Morgan fingerprint density at radius 3 is 2.10 bits per heavy atom. The van der Waals surface area contributed by atoms with Crippen LogP contribution in [0.4, 0.5) is 18.9 Å². The summed E-state index contributed by atoms with van der Waals surface area (Å²) in [5, 5.41) is 0. The Morgan fingerprint density at radius 1 is 0.810 bits per heavy atom. The molecule has 0 aromatic heterocycles. The summed E-state index contributed by atoms with van der Waals surface area (Å²) in [7, 11) is 0. The Bertz CT molecular complexity index is 611. The van der Waals surface area contributed by atoms with Crippen LogP contribution in [0.15, 0.2) is 48.5 Å². The standard InChI is InChI=1S/C17H16F3N/c18-17(19,20)15-5-3-4-14(12-15)13-6-8-16(9-7-13)21-10-1-2-11-21/h3-9,12H,1-2,10-11H2. The summed E-state index contributed by atoms with van der Waals surface area (Å²) in [6.07, 6.45) is -1.89. The van der Waals surface area contributed by atoms with Crippen LogP contribution >= 0.6 is 0 Å². The van der Waals surface area contributed by atoms with Gasteiger partial charge < -0.3 is 4.90 Å². The molecule has 1 heterocycles. The summed E-state index contributed by atoms with van der Waals surface area (Å²) in [6.45, 7) is 2.12. The lowest BCUT2D eigenvalue weighted by Gasteiger charge is -2.18. The van der Waals surface area contributed by atoms with Crippen molar-refractivity contribution in [2.24, 2.45) is 0 Å². The molecule has 1 aliphatic rings. The van der Waals surface area contributed by atoms with Crippen molar-refractivity contribution in [1.29, 1.82) is 0 Å². The van der Waals surface area contributed by atoms with Crippen molar-refractivity contribution in [1.82, 2.24) is 0 Å². The molecule has 110 valence electrons. The van der Waals surface area contributed by atoms with E-state index < -0.39 is 11.7 Å². The van der Waals surface area contributed by atoms with Crippen LogP contribution in [0.5, 0.6) is 0 Å². The van der Waals surface area contributed by atoms with Gasteiger partial charge in [0.25, 0.3) is 0 Å². The topological polar surface area (TPSA) is 3.24 Å². The normalized spacial score (nSPS) is 15.5. The lowest BCUT2D eigenvalue weighted by Crippen LogP contribution is -2.17. The van der Waals surface area contributed by atoms with Crippen LogP contribution in [-0.4, -0.2) is 13.1 Å². The van der Waals surface area contributed by atoms with Gasteiger partial charge in [0.2, 0.25) is 0 Å². The average Bonchev–Trinajstić information content (AvgIpc) is 3.01. The molecule has 1 aliphatic heterocycles. The van der Waals surface area contributed by atoms with E-state index in [-0.39, 0.29) is 0 Å². The van der Waals surface area contributed by atoms with Crippen LogP contribution in [0.1, 0.15) is 18.4 Å². The lowest BCUT2D eigenvalue weighted by atomic mass is 10.0. The monoisotopic (exact) mass is 291 g/mol. The molecule has 0 atom stereocenters. The quantitative estimate of drug-likeness (QED) is 0.755. The van der Waals surface area contributed by atoms with E-state index in [4.69, 9.17) is 0 Å². The fourth-order valence-corrected chi connectivity index (χ4v) is 2.72. The van der Waals surface area contributed by atoms with Gasteiger partial charge in [-0.2, -0.15) is 13.2 Å². The molecule has 2 aromatic rings. The second kappa shape index (κ2) is 5.43. The van der Waals surface area contributed by atoms with E-state index in [2.05, 4.69) is 4.90 Å². The minimum Gasteiger partial charge on any atom is -0.372 e. The number of hydrogen-bond acceptors (Lipinski definition) is 1. The molecule has 21 heavy (non-hydrogen) atoms. The van der Waals surface area contributed by atoms with E-state index >= 15 is 0 Å². The van der Waals surface area contributed by atoms with Crippen LogP contribution in [0.2, 0.25) is 0 Å². The largest absolute Gasteiger partial charge is 0.416 e. The van der Waals surface area contributed by atoms with Gasteiger partial charge in [-0.3, -0.25) is 0 Å². The zero-order valence-corrected chi connectivity index (χ0v) is 11.5. The van der Waals surface area contributed by atoms with E-state index in [0.29, 0.717) is 5.56 Å². The third-order valence-electron chi connectivity index (χ3n) is 3.86.